The molecule has 2 amide bonds. The van der Waals surface area contributed by atoms with Crippen molar-refractivity contribution in [2.24, 2.45) is 7.05 Å². The third-order valence-corrected chi connectivity index (χ3v) is 4.59. The molecule has 0 spiro atoms. The molecular weight excluding hydrogens is 318 g/mol. The highest BCUT2D eigenvalue weighted by atomic mass is 32.2. The summed E-state index contributed by atoms with van der Waals surface area (Å²) in [5, 5.41) is 9.48. The van der Waals surface area contributed by atoms with Gasteiger partial charge < -0.3 is 5.32 Å². The van der Waals surface area contributed by atoms with Crippen LogP contribution in [0.1, 0.15) is 11.3 Å². The zero-order valence-electron chi connectivity index (χ0n) is 13.1. The second-order valence-corrected chi connectivity index (χ2v) is 6.84. The molecular formula is C14H19N5O3S. The molecule has 124 valence electrons. The summed E-state index contributed by atoms with van der Waals surface area (Å²) < 4.78 is 27.3. The highest BCUT2D eigenvalue weighted by Crippen LogP contribution is 2.11. The van der Waals surface area contributed by atoms with Crippen LogP contribution in [0.3, 0.4) is 0 Å². The van der Waals surface area contributed by atoms with Gasteiger partial charge in [0, 0.05) is 19.7 Å². The van der Waals surface area contributed by atoms with Crippen LogP contribution in [0.4, 0.5) is 10.6 Å². The molecule has 9 heteroatoms. The first-order valence-electron chi connectivity index (χ1n) is 6.90. The largest absolute Gasteiger partial charge is 0.334 e. The molecule has 0 bridgehead atoms. The summed E-state index contributed by atoms with van der Waals surface area (Å²) in [6.07, 6.45) is 0. The normalized spacial score (nSPS) is 11.3. The fourth-order valence-electron chi connectivity index (χ4n) is 2.01. The van der Waals surface area contributed by atoms with E-state index in [1.807, 2.05) is 6.92 Å². The first-order chi connectivity index (χ1) is 10.8. The molecule has 0 saturated carbocycles. The summed E-state index contributed by atoms with van der Waals surface area (Å²) in [6, 6.07) is 7.73. The number of benzene rings is 1. The van der Waals surface area contributed by atoms with E-state index in [0.717, 1.165) is 5.69 Å². The Labute approximate surface area is 134 Å². The van der Waals surface area contributed by atoms with Gasteiger partial charge >= 0.3 is 6.03 Å². The number of urea groups is 1. The molecule has 3 N–H and O–H groups in total. The molecule has 1 heterocycles. The van der Waals surface area contributed by atoms with E-state index in [1.54, 1.807) is 29.9 Å². The van der Waals surface area contributed by atoms with Crippen LogP contribution < -0.4 is 15.4 Å². The predicted molar refractivity (Wildman–Crippen MR) is 86.5 cm³/mol. The zero-order valence-corrected chi connectivity index (χ0v) is 13.9. The third kappa shape index (κ3) is 4.30. The van der Waals surface area contributed by atoms with Gasteiger partial charge in [0.15, 0.2) is 0 Å². The van der Waals surface area contributed by atoms with Crippen molar-refractivity contribution >= 4 is 21.9 Å². The van der Waals surface area contributed by atoms with Crippen LogP contribution in [0, 0.1) is 6.92 Å². The molecule has 1 aromatic heterocycles. The molecule has 0 aliphatic heterocycles. The lowest BCUT2D eigenvalue weighted by Crippen LogP contribution is -2.29. The van der Waals surface area contributed by atoms with Crippen molar-refractivity contribution < 1.29 is 13.2 Å². The number of hydrogen-bond donors (Lipinski definition) is 3. The van der Waals surface area contributed by atoms with E-state index < -0.39 is 16.1 Å². The standard InChI is InChI=1S/C14H19N5O3S/c1-10-7-13(19(3)18-10)17-14(20)16-9-11-5-4-6-12(8-11)23(21,22)15-2/h4-8,15H,9H2,1-3H3,(H2,16,17,20). The van der Waals surface area contributed by atoms with Crippen LogP contribution in [-0.2, 0) is 23.6 Å². The number of hydrogen-bond acceptors (Lipinski definition) is 4. The first-order valence-corrected chi connectivity index (χ1v) is 8.38. The van der Waals surface area contributed by atoms with Crippen LogP contribution >= 0.6 is 0 Å². The Balaban J connectivity index is 1.99. The Morgan fingerprint density at radius 1 is 1.30 bits per heavy atom. The van der Waals surface area contributed by atoms with Gasteiger partial charge in [0.25, 0.3) is 0 Å². The number of carbonyl (C=O) groups is 1. The van der Waals surface area contributed by atoms with Gasteiger partial charge in [0.05, 0.1) is 10.6 Å². The van der Waals surface area contributed by atoms with Crippen LogP contribution in [0.5, 0.6) is 0 Å². The van der Waals surface area contributed by atoms with Crippen molar-refractivity contribution in [2.75, 3.05) is 12.4 Å². The monoisotopic (exact) mass is 337 g/mol. The number of aromatic nitrogens is 2. The second kappa shape index (κ2) is 6.80. The average molecular weight is 337 g/mol. The van der Waals surface area contributed by atoms with Crippen LogP contribution in [0.25, 0.3) is 0 Å². The number of carbonyl (C=O) groups excluding carboxylic acids is 1. The van der Waals surface area contributed by atoms with Crippen molar-refractivity contribution in [2.45, 2.75) is 18.4 Å². The molecule has 0 unspecified atom stereocenters. The minimum absolute atomic E-state index is 0.155. The Kier molecular flexibility index (Phi) is 5.02. The van der Waals surface area contributed by atoms with Gasteiger partial charge in [-0.15, -0.1) is 0 Å². The maximum atomic E-state index is 11.9. The molecule has 0 atom stereocenters. The quantitative estimate of drug-likeness (QED) is 0.755. The molecule has 1 aromatic carbocycles. The molecule has 2 aromatic rings. The Bertz CT molecular complexity index is 814. The Hall–Kier alpha value is -2.39. The predicted octanol–water partition coefficient (Wildman–Crippen LogP) is 0.958. The van der Waals surface area contributed by atoms with Crippen molar-refractivity contribution in [3.05, 3.63) is 41.6 Å². The van der Waals surface area contributed by atoms with E-state index >= 15 is 0 Å². The van der Waals surface area contributed by atoms with Crippen molar-refractivity contribution in [3.8, 4) is 0 Å². The van der Waals surface area contributed by atoms with E-state index in [0.29, 0.717) is 11.4 Å². The maximum absolute atomic E-state index is 11.9. The van der Waals surface area contributed by atoms with Gasteiger partial charge in [-0.2, -0.15) is 5.10 Å². The first kappa shape index (κ1) is 17.0. The fourth-order valence-corrected chi connectivity index (χ4v) is 2.81. The van der Waals surface area contributed by atoms with Gasteiger partial charge in [-0.3, -0.25) is 10.00 Å². The summed E-state index contributed by atoms with van der Waals surface area (Å²) in [5.74, 6) is 0.575. The van der Waals surface area contributed by atoms with Gasteiger partial charge in [-0.25, -0.2) is 17.9 Å². The Morgan fingerprint density at radius 2 is 2.04 bits per heavy atom. The number of rotatable bonds is 5. The van der Waals surface area contributed by atoms with Gasteiger partial charge in [-0.1, -0.05) is 12.1 Å². The van der Waals surface area contributed by atoms with Crippen molar-refractivity contribution in [1.82, 2.24) is 19.8 Å². The van der Waals surface area contributed by atoms with E-state index in [9.17, 15) is 13.2 Å². The van der Waals surface area contributed by atoms with E-state index in [2.05, 4.69) is 20.5 Å². The number of sulfonamides is 1. The smallest absolute Gasteiger partial charge is 0.320 e. The fraction of sp³-hybridized carbons (Fsp3) is 0.286. The van der Waals surface area contributed by atoms with Crippen molar-refractivity contribution in [3.63, 3.8) is 0 Å². The Morgan fingerprint density at radius 3 is 2.65 bits per heavy atom. The molecule has 0 aliphatic carbocycles. The molecule has 8 nitrogen and oxygen atoms in total. The van der Waals surface area contributed by atoms with Crippen LogP contribution in [0.15, 0.2) is 35.2 Å². The van der Waals surface area contributed by atoms with E-state index in [-0.39, 0.29) is 11.4 Å². The lowest BCUT2D eigenvalue weighted by atomic mass is 10.2. The van der Waals surface area contributed by atoms with Gasteiger partial charge in [0.2, 0.25) is 10.0 Å². The van der Waals surface area contributed by atoms with E-state index in [1.165, 1.54) is 19.2 Å². The number of nitrogens with zero attached hydrogens (tertiary/aromatic N) is 2. The van der Waals surface area contributed by atoms with Crippen LogP contribution in [0.2, 0.25) is 0 Å². The topological polar surface area (TPSA) is 105 Å². The third-order valence-electron chi connectivity index (χ3n) is 3.17. The molecule has 23 heavy (non-hydrogen) atoms. The zero-order chi connectivity index (χ0) is 17.0. The SMILES string of the molecule is CNS(=O)(=O)c1cccc(CNC(=O)Nc2cc(C)nn2C)c1. The molecule has 0 radical (unpaired) electrons. The summed E-state index contributed by atoms with van der Waals surface area (Å²) in [5.41, 5.74) is 1.48. The summed E-state index contributed by atoms with van der Waals surface area (Å²) in [6.45, 7) is 2.03. The maximum Gasteiger partial charge on any atom is 0.320 e. The lowest BCUT2D eigenvalue weighted by Gasteiger charge is -2.09. The average Bonchev–Trinajstić information content (AvgIpc) is 2.83. The molecule has 0 aliphatic rings. The molecule has 0 saturated heterocycles. The number of amides is 2. The highest BCUT2D eigenvalue weighted by molar-refractivity contribution is 7.89. The minimum Gasteiger partial charge on any atom is -0.334 e. The number of anilines is 1. The van der Waals surface area contributed by atoms with Gasteiger partial charge in [-0.05, 0) is 31.7 Å². The second-order valence-electron chi connectivity index (χ2n) is 4.96. The summed E-state index contributed by atoms with van der Waals surface area (Å²) in [7, 11) is -0.419. The van der Waals surface area contributed by atoms with E-state index in [4.69, 9.17) is 0 Å². The van der Waals surface area contributed by atoms with Crippen molar-refractivity contribution in [1.29, 1.82) is 0 Å². The summed E-state index contributed by atoms with van der Waals surface area (Å²) >= 11 is 0. The molecule has 2 rings (SSSR count). The van der Waals surface area contributed by atoms with Crippen LogP contribution in [-0.4, -0.2) is 31.3 Å². The minimum atomic E-state index is -3.50. The van der Waals surface area contributed by atoms with Gasteiger partial charge in [0.1, 0.15) is 5.82 Å². The lowest BCUT2D eigenvalue weighted by molar-refractivity contribution is 0.251. The number of aryl methyl sites for hydroxylation is 2. The number of nitrogens with one attached hydrogen (secondary N) is 3. The molecule has 0 fully saturated rings. The summed E-state index contributed by atoms with van der Waals surface area (Å²) in [4.78, 5) is 12.0. The highest BCUT2D eigenvalue weighted by Gasteiger charge is 2.12.